The van der Waals surface area contributed by atoms with Gasteiger partial charge in [-0.15, -0.1) is 0 Å². The van der Waals surface area contributed by atoms with Gasteiger partial charge in [-0.25, -0.2) is 0 Å². The first-order chi connectivity index (χ1) is 8.16. The van der Waals surface area contributed by atoms with Crippen LogP contribution < -0.4 is 5.73 Å². The molecule has 4 rings (SSSR count). The van der Waals surface area contributed by atoms with Crippen LogP contribution in [0, 0.1) is 5.92 Å². The van der Waals surface area contributed by atoms with Gasteiger partial charge in [-0.1, -0.05) is 12.1 Å². The van der Waals surface area contributed by atoms with E-state index in [1.54, 1.807) is 0 Å². The van der Waals surface area contributed by atoms with Crippen LogP contribution in [0.25, 0.3) is 0 Å². The summed E-state index contributed by atoms with van der Waals surface area (Å²) in [6.45, 7) is 0. The average molecular weight is 230 g/mol. The van der Waals surface area contributed by atoms with Gasteiger partial charge < -0.3 is 5.73 Å². The zero-order valence-electron chi connectivity index (χ0n) is 10.1. The van der Waals surface area contributed by atoms with Gasteiger partial charge in [0, 0.05) is 30.1 Å². The molecule has 1 saturated carbocycles. The highest BCUT2D eigenvalue weighted by Gasteiger charge is 2.45. The molecular weight excluding hydrogens is 212 g/mol. The number of hydrogen-bond donors (Lipinski definition) is 1. The van der Waals surface area contributed by atoms with E-state index in [1.165, 1.54) is 5.56 Å². The molecule has 2 bridgehead atoms. The Morgan fingerprint density at radius 2 is 2.18 bits per heavy atom. The average Bonchev–Trinajstić information content (AvgIpc) is 2.31. The molecule has 0 amide bonds. The molecule has 1 aromatic carbocycles. The molecule has 3 unspecified atom stereocenters. The molecule has 2 N–H and O–H groups in total. The summed E-state index contributed by atoms with van der Waals surface area (Å²) in [5.41, 5.74) is 7.81. The summed E-state index contributed by atoms with van der Waals surface area (Å²) in [7, 11) is 2.14. The summed E-state index contributed by atoms with van der Waals surface area (Å²) in [4.78, 5) is 14.4. The van der Waals surface area contributed by atoms with Crippen molar-refractivity contribution in [1.82, 2.24) is 4.90 Å². The van der Waals surface area contributed by atoms with Crippen molar-refractivity contribution >= 4 is 11.5 Å². The van der Waals surface area contributed by atoms with Crippen LogP contribution in [0.1, 0.15) is 30.9 Å². The SMILES string of the molecule is CN1C2CCC(C(=O)C2)C1c1cccc(N)c1. The van der Waals surface area contributed by atoms with Crippen molar-refractivity contribution in [3.63, 3.8) is 0 Å². The minimum Gasteiger partial charge on any atom is -0.399 e. The molecule has 1 aliphatic carbocycles. The Balaban J connectivity index is 1.99. The normalized spacial score (nSPS) is 33.0. The Bertz CT molecular complexity index is 457. The Morgan fingerprint density at radius 1 is 1.35 bits per heavy atom. The van der Waals surface area contributed by atoms with Gasteiger partial charge in [-0.3, -0.25) is 9.69 Å². The van der Waals surface area contributed by atoms with Crippen molar-refractivity contribution in [3.05, 3.63) is 29.8 Å². The molecule has 3 aliphatic rings. The molecule has 3 heteroatoms. The second-order valence-corrected chi connectivity index (χ2v) is 5.29. The second-order valence-electron chi connectivity index (χ2n) is 5.29. The summed E-state index contributed by atoms with van der Waals surface area (Å²) < 4.78 is 0. The van der Waals surface area contributed by atoms with Crippen LogP contribution in [0.4, 0.5) is 5.69 Å². The number of nitrogens with zero attached hydrogens (tertiary/aromatic N) is 1. The third-order valence-electron chi connectivity index (χ3n) is 4.31. The van der Waals surface area contributed by atoms with Gasteiger partial charge in [0.05, 0.1) is 0 Å². The van der Waals surface area contributed by atoms with Crippen LogP contribution >= 0.6 is 0 Å². The third kappa shape index (κ3) is 1.65. The lowest BCUT2D eigenvalue weighted by atomic mass is 9.72. The van der Waals surface area contributed by atoms with Gasteiger partial charge >= 0.3 is 0 Å². The van der Waals surface area contributed by atoms with Crippen LogP contribution in [0.2, 0.25) is 0 Å². The van der Waals surface area contributed by atoms with Crippen LogP contribution in [-0.4, -0.2) is 23.8 Å². The van der Waals surface area contributed by atoms with E-state index in [4.69, 9.17) is 5.73 Å². The predicted octanol–water partition coefficient (Wildman–Crippen LogP) is 1.99. The molecule has 3 atom stereocenters. The van der Waals surface area contributed by atoms with Crippen molar-refractivity contribution in [3.8, 4) is 0 Å². The highest BCUT2D eigenvalue weighted by atomic mass is 16.1. The molecule has 2 saturated heterocycles. The highest BCUT2D eigenvalue weighted by Crippen LogP contribution is 2.44. The smallest absolute Gasteiger partial charge is 0.139 e. The minimum atomic E-state index is 0.173. The zero-order valence-corrected chi connectivity index (χ0v) is 10.1. The van der Waals surface area contributed by atoms with E-state index in [1.807, 2.05) is 18.2 Å². The fraction of sp³-hybridized carbons (Fsp3) is 0.500. The number of ketones is 1. The Kier molecular flexibility index (Phi) is 2.44. The molecule has 2 heterocycles. The van der Waals surface area contributed by atoms with E-state index in [2.05, 4.69) is 18.0 Å². The van der Waals surface area contributed by atoms with Gasteiger partial charge in [0.15, 0.2) is 0 Å². The van der Waals surface area contributed by atoms with E-state index in [-0.39, 0.29) is 12.0 Å². The quantitative estimate of drug-likeness (QED) is 0.750. The second kappa shape index (κ2) is 3.84. The van der Waals surface area contributed by atoms with Gasteiger partial charge in [0.2, 0.25) is 0 Å². The molecule has 17 heavy (non-hydrogen) atoms. The molecule has 3 nitrogen and oxygen atoms in total. The van der Waals surface area contributed by atoms with E-state index in [0.29, 0.717) is 11.8 Å². The molecule has 0 aromatic heterocycles. The maximum atomic E-state index is 12.0. The number of nitrogens with two attached hydrogens (primary N) is 1. The van der Waals surface area contributed by atoms with Crippen molar-refractivity contribution in [1.29, 1.82) is 0 Å². The lowest BCUT2D eigenvalue weighted by molar-refractivity contribution is -0.136. The molecule has 0 spiro atoms. The van der Waals surface area contributed by atoms with Crippen molar-refractivity contribution in [2.75, 3.05) is 12.8 Å². The number of fused-ring (bicyclic) bond motifs is 3. The molecular formula is C14H18N2O. The number of piperidine rings is 2. The molecule has 1 aromatic rings. The monoisotopic (exact) mass is 230 g/mol. The first-order valence-electron chi connectivity index (χ1n) is 6.27. The van der Waals surface area contributed by atoms with Gasteiger partial charge in [-0.2, -0.15) is 0 Å². The summed E-state index contributed by atoms with van der Waals surface area (Å²) in [6, 6.07) is 8.63. The van der Waals surface area contributed by atoms with E-state index in [0.717, 1.165) is 24.9 Å². The summed E-state index contributed by atoms with van der Waals surface area (Å²) in [5.74, 6) is 0.610. The number of benzene rings is 1. The summed E-state index contributed by atoms with van der Waals surface area (Å²) in [5, 5.41) is 0. The van der Waals surface area contributed by atoms with E-state index in [9.17, 15) is 4.79 Å². The number of Topliss-reactive ketones (excluding diaryl/α,β-unsaturated/α-hetero) is 1. The first kappa shape index (κ1) is 10.8. The molecule has 2 aliphatic heterocycles. The number of hydrogen-bond acceptors (Lipinski definition) is 3. The van der Waals surface area contributed by atoms with Crippen molar-refractivity contribution in [2.24, 2.45) is 5.92 Å². The van der Waals surface area contributed by atoms with Crippen LogP contribution in [-0.2, 0) is 4.79 Å². The molecule has 3 fully saturated rings. The van der Waals surface area contributed by atoms with Gasteiger partial charge in [-0.05, 0) is 37.6 Å². The largest absolute Gasteiger partial charge is 0.399 e. The predicted molar refractivity (Wildman–Crippen MR) is 67.5 cm³/mol. The first-order valence-corrected chi connectivity index (χ1v) is 6.27. The Morgan fingerprint density at radius 3 is 2.88 bits per heavy atom. The number of carbonyl (C=O) groups excluding carboxylic acids is 1. The summed E-state index contributed by atoms with van der Waals surface area (Å²) >= 11 is 0. The fourth-order valence-electron chi connectivity index (χ4n) is 3.42. The van der Waals surface area contributed by atoms with Crippen LogP contribution in [0.15, 0.2) is 24.3 Å². The Labute approximate surface area is 102 Å². The van der Waals surface area contributed by atoms with Crippen LogP contribution in [0.5, 0.6) is 0 Å². The number of rotatable bonds is 1. The van der Waals surface area contributed by atoms with E-state index < -0.39 is 0 Å². The van der Waals surface area contributed by atoms with Crippen LogP contribution in [0.3, 0.4) is 0 Å². The maximum Gasteiger partial charge on any atom is 0.139 e. The Hall–Kier alpha value is -1.35. The lowest BCUT2D eigenvalue weighted by Crippen LogP contribution is -2.52. The highest BCUT2D eigenvalue weighted by molar-refractivity contribution is 5.84. The number of nitrogen functional groups attached to an aromatic ring is 1. The van der Waals surface area contributed by atoms with Gasteiger partial charge in [0.1, 0.15) is 5.78 Å². The standard InChI is InChI=1S/C14H18N2O/c1-16-11-5-6-12(13(17)8-11)14(16)9-3-2-4-10(15)7-9/h2-4,7,11-12,14H,5-6,8,15H2,1H3. The maximum absolute atomic E-state index is 12.0. The summed E-state index contributed by atoms with van der Waals surface area (Å²) in [6.07, 6.45) is 2.93. The molecule has 90 valence electrons. The van der Waals surface area contributed by atoms with Crippen molar-refractivity contribution in [2.45, 2.75) is 31.3 Å². The van der Waals surface area contributed by atoms with Gasteiger partial charge in [0.25, 0.3) is 0 Å². The topological polar surface area (TPSA) is 46.3 Å². The zero-order chi connectivity index (χ0) is 12.0. The van der Waals surface area contributed by atoms with E-state index >= 15 is 0 Å². The number of carbonyl (C=O) groups is 1. The minimum absolute atomic E-state index is 0.173. The lowest BCUT2D eigenvalue weighted by Gasteiger charge is -2.49. The van der Waals surface area contributed by atoms with Crippen molar-refractivity contribution < 1.29 is 4.79 Å². The third-order valence-corrected chi connectivity index (χ3v) is 4.31. The fourth-order valence-corrected chi connectivity index (χ4v) is 3.42. The number of anilines is 1. The molecule has 0 radical (unpaired) electrons.